The van der Waals surface area contributed by atoms with Gasteiger partial charge < -0.3 is 14.2 Å². The Morgan fingerprint density at radius 1 is 1.36 bits per heavy atom. The molecule has 1 saturated heterocycles. The molecule has 0 amide bonds. The number of morpholine rings is 1. The van der Waals surface area contributed by atoms with Gasteiger partial charge in [-0.25, -0.2) is 19.2 Å². The van der Waals surface area contributed by atoms with E-state index in [1.807, 2.05) is 29.0 Å². The summed E-state index contributed by atoms with van der Waals surface area (Å²) in [4.78, 5) is 16.6. The zero-order valence-corrected chi connectivity index (χ0v) is 19.8. The average molecular weight is 465 g/mol. The van der Waals surface area contributed by atoms with Crippen molar-refractivity contribution in [3.05, 3.63) is 36.3 Å². The van der Waals surface area contributed by atoms with E-state index < -0.39 is 14.5 Å². The van der Waals surface area contributed by atoms with Gasteiger partial charge in [-0.15, -0.1) is 12.3 Å². The summed E-state index contributed by atoms with van der Waals surface area (Å²) in [5.41, 5.74) is 2.39. The second kappa shape index (κ2) is 8.12. The summed E-state index contributed by atoms with van der Waals surface area (Å²) in [6, 6.07) is 6.03. The van der Waals surface area contributed by atoms with Crippen LogP contribution < -0.4 is 4.90 Å². The molecule has 2 fully saturated rings. The molecule has 2 atom stereocenters. The van der Waals surface area contributed by atoms with Crippen molar-refractivity contribution in [2.75, 3.05) is 30.9 Å². The predicted octanol–water partition coefficient (Wildman–Crippen LogP) is 3.41. The number of terminal acetylenes is 1. The molecular weight excluding hydrogens is 436 g/mol. The third-order valence-corrected chi connectivity index (χ3v) is 8.80. The first-order valence-electron chi connectivity index (χ1n) is 11.2. The van der Waals surface area contributed by atoms with Crippen LogP contribution in [0.25, 0.3) is 22.4 Å². The minimum atomic E-state index is -2.82. The number of fused-ring (bicyclic) bond motifs is 1. The summed E-state index contributed by atoms with van der Waals surface area (Å²) >= 11 is 0. The molecule has 5 rings (SSSR count). The first-order chi connectivity index (χ1) is 15.8. The lowest BCUT2D eigenvalue weighted by molar-refractivity contribution is 0.0985. The van der Waals surface area contributed by atoms with Crippen LogP contribution in [0, 0.1) is 17.1 Å². The molecule has 0 unspecified atom stereocenters. The van der Waals surface area contributed by atoms with Crippen molar-refractivity contribution in [3.63, 3.8) is 0 Å². The number of hydrogen-bond acceptors (Lipinski definition) is 7. The van der Waals surface area contributed by atoms with Gasteiger partial charge in [-0.3, -0.25) is 4.78 Å². The Balaban J connectivity index is 1.68. The van der Waals surface area contributed by atoms with Crippen LogP contribution >= 0.6 is 0 Å². The normalized spacial score (nSPS) is 21.5. The molecule has 4 heterocycles. The van der Waals surface area contributed by atoms with E-state index in [1.165, 1.54) is 6.26 Å². The van der Waals surface area contributed by atoms with Crippen LogP contribution in [0.1, 0.15) is 31.9 Å². The Kier molecular flexibility index (Phi) is 5.38. The lowest BCUT2D eigenvalue weighted by atomic mass is 10.1. The number of hydrogen-bond donors (Lipinski definition) is 1. The number of nitrogens with one attached hydrogen (secondary N) is 1. The number of anilines is 1. The number of rotatable bonds is 6. The van der Waals surface area contributed by atoms with Crippen LogP contribution in [-0.2, 0) is 25.8 Å². The standard InChI is InChI=1S/C24H28N6O2S/c1-4-5-11-29-12-7-19-18(6-10-26-23(19)29)22-27-20(24(8-9-24)33(3,25)31)15-21(28-22)30-13-14-32-16-17(30)2/h1,6-7,10,12,15,17,25H,5,8-9,11,13-14,16H2,2-3H3/t17-,33-/m1/s1. The summed E-state index contributed by atoms with van der Waals surface area (Å²) in [6.07, 6.45) is 12.7. The highest BCUT2D eigenvalue weighted by Gasteiger charge is 2.53. The minimum absolute atomic E-state index is 0.161. The monoisotopic (exact) mass is 464 g/mol. The van der Waals surface area contributed by atoms with Gasteiger partial charge in [-0.05, 0) is 31.9 Å². The molecule has 3 aromatic rings. The molecule has 1 aliphatic carbocycles. The smallest absolute Gasteiger partial charge is 0.162 e. The van der Waals surface area contributed by atoms with Gasteiger partial charge in [-0.2, -0.15) is 0 Å². The fourth-order valence-corrected chi connectivity index (χ4v) is 6.00. The number of ether oxygens (including phenoxy) is 1. The van der Waals surface area contributed by atoms with E-state index in [1.54, 1.807) is 6.20 Å². The Hall–Kier alpha value is -2.96. The molecule has 2 aliphatic rings. The summed E-state index contributed by atoms with van der Waals surface area (Å²) in [5.74, 6) is 4.03. The molecule has 0 spiro atoms. The maximum atomic E-state index is 12.9. The maximum absolute atomic E-state index is 12.9. The summed E-state index contributed by atoms with van der Waals surface area (Å²) in [5, 5.41) is 0.945. The quantitative estimate of drug-likeness (QED) is 0.562. The van der Waals surface area contributed by atoms with E-state index in [4.69, 9.17) is 25.9 Å². The van der Waals surface area contributed by atoms with Gasteiger partial charge >= 0.3 is 0 Å². The van der Waals surface area contributed by atoms with Gasteiger partial charge in [0.2, 0.25) is 0 Å². The van der Waals surface area contributed by atoms with Gasteiger partial charge in [0.05, 0.1) is 39.4 Å². The predicted molar refractivity (Wildman–Crippen MR) is 130 cm³/mol. The van der Waals surface area contributed by atoms with E-state index in [2.05, 4.69) is 22.7 Å². The number of pyridine rings is 1. The van der Waals surface area contributed by atoms with E-state index in [-0.39, 0.29) is 6.04 Å². The Bertz CT molecular complexity index is 1350. The van der Waals surface area contributed by atoms with E-state index in [0.29, 0.717) is 50.5 Å². The largest absolute Gasteiger partial charge is 0.377 e. The molecule has 172 valence electrons. The van der Waals surface area contributed by atoms with Crippen molar-refractivity contribution in [2.45, 2.75) is 43.5 Å². The Labute approximate surface area is 194 Å². The fraction of sp³-hybridized carbons (Fsp3) is 0.458. The Morgan fingerprint density at radius 3 is 2.88 bits per heavy atom. The molecule has 0 aromatic carbocycles. The highest BCUT2D eigenvalue weighted by Crippen LogP contribution is 2.52. The van der Waals surface area contributed by atoms with E-state index >= 15 is 0 Å². The first-order valence-corrected chi connectivity index (χ1v) is 13.2. The van der Waals surface area contributed by atoms with Crippen molar-refractivity contribution in [2.24, 2.45) is 0 Å². The van der Waals surface area contributed by atoms with E-state index in [9.17, 15) is 4.21 Å². The summed E-state index contributed by atoms with van der Waals surface area (Å²) in [7, 11) is -2.82. The second-order valence-electron chi connectivity index (χ2n) is 8.95. The topological polar surface area (TPSA) is 97.0 Å². The molecule has 0 radical (unpaired) electrons. The SMILES string of the molecule is C#CCCn1ccc2c(-c3nc(N4CCOC[C@H]4C)cc(C4([S@](C)(=N)=O)CC4)n3)ccnc21. The number of aromatic nitrogens is 4. The maximum Gasteiger partial charge on any atom is 0.162 e. The molecule has 8 nitrogen and oxygen atoms in total. The van der Waals surface area contributed by atoms with Gasteiger partial charge in [0.1, 0.15) is 11.5 Å². The van der Waals surface area contributed by atoms with Crippen LogP contribution in [0.5, 0.6) is 0 Å². The number of nitrogens with zero attached hydrogens (tertiary/aromatic N) is 5. The summed E-state index contributed by atoms with van der Waals surface area (Å²) in [6.45, 7) is 4.77. The van der Waals surface area contributed by atoms with Crippen LogP contribution in [0.3, 0.4) is 0 Å². The second-order valence-corrected chi connectivity index (χ2v) is 11.4. The van der Waals surface area contributed by atoms with Crippen LogP contribution in [0.2, 0.25) is 0 Å². The number of aryl methyl sites for hydroxylation is 1. The zero-order valence-electron chi connectivity index (χ0n) is 19.0. The average Bonchev–Trinajstić information content (AvgIpc) is 3.53. The lowest BCUT2D eigenvalue weighted by Gasteiger charge is -2.35. The zero-order chi connectivity index (χ0) is 23.2. The van der Waals surface area contributed by atoms with Crippen LogP contribution in [0.15, 0.2) is 30.6 Å². The first kappa shape index (κ1) is 21.9. The molecule has 1 N–H and O–H groups in total. The molecule has 0 bridgehead atoms. The highest BCUT2D eigenvalue weighted by atomic mass is 32.2. The highest BCUT2D eigenvalue weighted by molar-refractivity contribution is 7.92. The van der Waals surface area contributed by atoms with Gasteiger partial charge in [-0.1, -0.05) is 0 Å². The van der Waals surface area contributed by atoms with Crippen molar-refractivity contribution in [1.29, 1.82) is 4.78 Å². The van der Waals surface area contributed by atoms with Crippen molar-refractivity contribution in [3.8, 4) is 23.7 Å². The van der Waals surface area contributed by atoms with Crippen LogP contribution in [0.4, 0.5) is 5.82 Å². The molecule has 9 heteroatoms. The fourth-order valence-electron chi connectivity index (χ4n) is 4.61. The van der Waals surface area contributed by atoms with Gasteiger partial charge in [0.15, 0.2) is 5.82 Å². The summed E-state index contributed by atoms with van der Waals surface area (Å²) < 4.78 is 28.2. The molecule has 1 saturated carbocycles. The van der Waals surface area contributed by atoms with Gasteiger partial charge in [0, 0.05) is 55.2 Å². The molecule has 33 heavy (non-hydrogen) atoms. The van der Waals surface area contributed by atoms with Gasteiger partial charge in [0.25, 0.3) is 0 Å². The molecule has 1 aliphatic heterocycles. The third kappa shape index (κ3) is 3.77. The minimum Gasteiger partial charge on any atom is -0.377 e. The lowest BCUT2D eigenvalue weighted by Crippen LogP contribution is -2.44. The molecule has 3 aromatic heterocycles. The van der Waals surface area contributed by atoms with Crippen LogP contribution in [-0.4, -0.2) is 55.8 Å². The molecular formula is C24H28N6O2S. The van der Waals surface area contributed by atoms with Crippen molar-refractivity contribution in [1.82, 2.24) is 19.5 Å². The van der Waals surface area contributed by atoms with Crippen molar-refractivity contribution >= 4 is 26.6 Å². The Morgan fingerprint density at radius 2 is 2.18 bits per heavy atom. The van der Waals surface area contributed by atoms with E-state index in [0.717, 1.165) is 29.0 Å². The van der Waals surface area contributed by atoms with Crippen molar-refractivity contribution < 1.29 is 8.95 Å². The third-order valence-electron chi connectivity index (χ3n) is 6.69.